The Balaban J connectivity index is 1.56. The largest absolute Gasteiger partial charge is 0.497 e. The van der Waals surface area contributed by atoms with E-state index >= 15 is 0 Å². The molecule has 1 saturated heterocycles. The summed E-state index contributed by atoms with van der Waals surface area (Å²) in [6.45, 7) is 1.51. The van der Waals surface area contributed by atoms with Gasteiger partial charge in [0, 0.05) is 17.8 Å². The SMILES string of the molecule is CCOc1cc(/C=C2/C(=O)NC(=O)N(c3ccc([N+](=O)[O-])cc3)C2=O)cc(Cl)c1OCC(=O)Nc1ccc(OC)cc1. The van der Waals surface area contributed by atoms with Gasteiger partial charge in [-0.2, -0.15) is 0 Å². The highest BCUT2D eigenvalue weighted by Gasteiger charge is 2.37. The van der Waals surface area contributed by atoms with Crippen molar-refractivity contribution in [2.45, 2.75) is 6.92 Å². The molecule has 0 aliphatic carbocycles. The quantitative estimate of drug-likeness (QED) is 0.150. The average molecular weight is 595 g/mol. The number of nitrogens with zero attached hydrogens (tertiary/aromatic N) is 2. The number of non-ortho nitro benzene ring substituents is 1. The molecule has 3 aromatic carbocycles. The molecule has 0 bridgehead atoms. The molecule has 0 unspecified atom stereocenters. The number of anilines is 2. The van der Waals surface area contributed by atoms with Gasteiger partial charge in [0.2, 0.25) is 0 Å². The fourth-order valence-corrected chi connectivity index (χ4v) is 4.14. The van der Waals surface area contributed by atoms with Gasteiger partial charge in [0.1, 0.15) is 11.3 Å². The van der Waals surface area contributed by atoms with Crippen LogP contribution in [0.2, 0.25) is 5.02 Å². The van der Waals surface area contributed by atoms with Crippen LogP contribution < -0.4 is 29.7 Å². The van der Waals surface area contributed by atoms with Crippen molar-refractivity contribution in [3.8, 4) is 17.2 Å². The Hall–Kier alpha value is -5.43. The summed E-state index contributed by atoms with van der Waals surface area (Å²) in [7, 11) is 1.53. The molecule has 2 N–H and O–H groups in total. The first kappa shape index (κ1) is 29.6. The van der Waals surface area contributed by atoms with Gasteiger partial charge in [-0.25, -0.2) is 9.69 Å². The number of urea groups is 1. The Morgan fingerprint density at radius 3 is 2.38 bits per heavy atom. The van der Waals surface area contributed by atoms with Crippen molar-refractivity contribution in [3.05, 3.63) is 86.9 Å². The summed E-state index contributed by atoms with van der Waals surface area (Å²) in [5.41, 5.74) is 0.161. The zero-order valence-electron chi connectivity index (χ0n) is 22.2. The minimum atomic E-state index is -1.01. The molecule has 5 amide bonds. The number of nitro benzene ring substituents is 1. The predicted octanol–water partition coefficient (Wildman–Crippen LogP) is 4.34. The number of carbonyl (C=O) groups is 4. The number of carbonyl (C=O) groups excluding carboxylic acids is 4. The molecule has 14 heteroatoms. The lowest BCUT2D eigenvalue weighted by molar-refractivity contribution is -0.384. The van der Waals surface area contributed by atoms with E-state index in [1.807, 2.05) is 0 Å². The second-order valence-corrected chi connectivity index (χ2v) is 8.97. The summed E-state index contributed by atoms with van der Waals surface area (Å²) in [6.07, 6.45) is 1.21. The van der Waals surface area contributed by atoms with Crippen LogP contribution in [0.25, 0.3) is 6.08 Å². The van der Waals surface area contributed by atoms with Crippen molar-refractivity contribution in [3.63, 3.8) is 0 Å². The first-order chi connectivity index (χ1) is 20.1. The van der Waals surface area contributed by atoms with Gasteiger partial charge < -0.3 is 19.5 Å². The van der Waals surface area contributed by atoms with Crippen LogP contribution >= 0.6 is 11.6 Å². The van der Waals surface area contributed by atoms with Crippen LogP contribution in [0.5, 0.6) is 17.2 Å². The van der Waals surface area contributed by atoms with E-state index in [0.29, 0.717) is 16.3 Å². The molecule has 13 nitrogen and oxygen atoms in total. The molecule has 1 aliphatic heterocycles. The van der Waals surface area contributed by atoms with Crippen molar-refractivity contribution in [2.24, 2.45) is 0 Å². The van der Waals surface area contributed by atoms with E-state index in [-0.39, 0.29) is 40.1 Å². The van der Waals surface area contributed by atoms with Gasteiger partial charge in [-0.3, -0.25) is 29.8 Å². The van der Waals surface area contributed by atoms with Gasteiger partial charge in [0.05, 0.1) is 29.4 Å². The van der Waals surface area contributed by atoms with Gasteiger partial charge >= 0.3 is 6.03 Å². The molecule has 1 aliphatic rings. The summed E-state index contributed by atoms with van der Waals surface area (Å²) in [6, 6.07) is 13.2. The standard InChI is InChI=1S/C28H23ClN4O9/c1-3-41-23-14-16(13-22(29)25(23)42-15-24(34)30-17-4-10-20(40-2)11-5-17)12-21-26(35)31-28(37)32(27(21)36)18-6-8-19(9-7-18)33(38)39/h4-14H,3,15H2,1-2H3,(H,30,34)(H,31,35,37)/b21-12-. The summed E-state index contributed by atoms with van der Waals surface area (Å²) in [5, 5.41) is 15.7. The fraction of sp³-hybridized carbons (Fsp3) is 0.143. The molecule has 42 heavy (non-hydrogen) atoms. The first-order valence-corrected chi connectivity index (χ1v) is 12.7. The maximum absolute atomic E-state index is 13.2. The summed E-state index contributed by atoms with van der Waals surface area (Å²) in [4.78, 5) is 61.7. The second-order valence-electron chi connectivity index (χ2n) is 8.56. The van der Waals surface area contributed by atoms with Gasteiger partial charge in [-0.15, -0.1) is 0 Å². The van der Waals surface area contributed by atoms with E-state index in [0.717, 1.165) is 12.1 Å². The third-order valence-electron chi connectivity index (χ3n) is 5.78. The molecule has 0 saturated carbocycles. The lowest BCUT2D eigenvalue weighted by atomic mass is 10.1. The van der Waals surface area contributed by atoms with Crippen LogP contribution in [-0.2, 0) is 14.4 Å². The Morgan fingerprint density at radius 2 is 1.76 bits per heavy atom. The Bertz CT molecular complexity index is 1590. The topological polar surface area (TPSA) is 166 Å². The predicted molar refractivity (Wildman–Crippen MR) is 152 cm³/mol. The number of benzene rings is 3. The summed E-state index contributed by atoms with van der Waals surface area (Å²) in [5.74, 6) is -1.54. The Labute approximate surface area is 243 Å². The third kappa shape index (κ3) is 6.64. The van der Waals surface area contributed by atoms with Gasteiger partial charge in [-0.05, 0) is 67.1 Å². The van der Waals surface area contributed by atoms with E-state index in [1.54, 1.807) is 31.2 Å². The van der Waals surface area contributed by atoms with Crippen LogP contribution in [0.4, 0.5) is 21.9 Å². The summed E-state index contributed by atoms with van der Waals surface area (Å²) >= 11 is 6.44. The van der Waals surface area contributed by atoms with E-state index in [1.165, 1.54) is 37.5 Å². The van der Waals surface area contributed by atoms with Crippen molar-refractivity contribution >= 4 is 58.5 Å². The minimum Gasteiger partial charge on any atom is -0.497 e. The van der Waals surface area contributed by atoms with E-state index < -0.39 is 40.9 Å². The molecule has 216 valence electrons. The highest BCUT2D eigenvalue weighted by atomic mass is 35.5. The smallest absolute Gasteiger partial charge is 0.335 e. The minimum absolute atomic E-state index is 0.0196. The fourth-order valence-electron chi connectivity index (χ4n) is 3.87. The number of rotatable bonds is 10. The zero-order valence-corrected chi connectivity index (χ0v) is 23.0. The Morgan fingerprint density at radius 1 is 1.07 bits per heavy atom. The second kappa shape index (κ2) is 12.8. The van der Waals surface area contributed by atoms with Gasteiger partial charge in [-0.1, -0.05) is 11.6 Å². The molecular formula is C28H23ClN4O9. The van der Waals surface area contributed by atoms with E-state index in [4.69, 9.17) is 25.8 Å². The van der Waals surface area contributed by atoms with E-state index in [9.17, 15) is 29.3 Å². The van der Waals surface area contributed by atoms with Crippen LogP contribution in [0.3, 0.4) is 0 Å². The normalized spacial score (nSPS) is 13.9. The number of barbiturate groups is 1. The highest BCUT2D eigenvalue weighted by Crippen LogP contribution is 2.38. The lowest BCUT2D eigenvalue weighted by Gasteiger charge is -2.26. The molecule has 1 fully saturated rings. The number of halogens is 1. The first-order valence-electron chi connectivity index (χ1n) is 12.3. The number of nitrogens with one attached hydrogen (secondary N) is 2. The molecule has 3 aromatic rings. The molecule has 0 spiro atoms. The zero-order chi connectivity index (χ0) is 30.4. The van der Waals surface area contributed by atoms with Crippen LogP contribution in [0.1, 0.15) is 12.5 Å². The number of methoxy groups -OCH3 is 1. The van der Waals surface area contributed by atoms with Crippen molar-refractivity contribution < 1.29 is 38.3 Å². The maximum Gasteiger partial charge on any atom is 0.335 e. The molecule has 1 heterocycles. The van der Waals surface area contributed by atoms with Crippen LogP contribution in [0, 0.1) is 10.1 Å². The monoisotopic (exact) mass is 594 g/mol. The number of imide groups is 2. The van der Waals surface area contributed by atoms with Crippen molar-refractivity contribution in [1.29, 1.82) is 0 Å². The van der Waals surface area contributed by atoms with Crippen molar-refractivity contribution in [2.75, 3.05) is 30.5 Å². The maximum atomic E-state index is 13.2. The molecular weight excluding hydrogens is 572 g/mol. The van der Waals surface area contributed by atoms with Crippen molar-refractivity contribution in [1.82, 2.24) is 5.32 Å². The van der Waals surface area contributed by atoms with Crippen LogP contribution in [0.15, 0.2) is 66.2 Å². The molecule has 0 radical (unpaired) electrons. The number of hydrogen-bond donors (Lipinski definition) is 2. The van der Waals surface area contributed by atoms with Crippen LogP contribution in [-0.4, -0.2) is 49.0 Å². The number of hydrogen-bond acceptors (Lipinski definition) is 9. The number of amides is 5. The number of nitro groups is 1. The Kier molecular flexibility index (Phi) is 9.02. The third-order valence-corrected chi connectivity index (χ3v) is 6.07. The van der Waals surface area contributed by atoms with Gasteiger partial charge in [0.25, 0.3) is 23.4 Å². The lowest BCUT2D eigenvalue weighted by Crippen LogP contribution is -2.54. The summed E-state index contributed by atoms with van der Waals surface area (Å²) < 4.78 is 16.4. The highest BCUT2D eigenvalue weighted by molar-refractivity contribution is 6.39. The molecule has 4 rings (SSSR count). The average Bonchev–Trinajstić information content (AvgIpc) is 2.95. The van der Waals surface area contributed by atoms with E-state index in [2.05, 4.69) is 10.6 Å². The molecule has 0 atom stereocenters. The molecule has 0 aromatic heterocycles. The number of ether oxygens (including phenoxy) is 3. The van der Waals surface area contributed by atoms with Gasteiger partial charge in [0.15, 0.2) is 18.1 Å².